The fourth-order valence-corrected chi connectivity index (χ4v) is 5.06. The molecule has 1 aromatic heterocycles. The number of nitrogens with one attached hydrogen (secondary N) is 1. The molecule has 2 bridgehead atoms. The van der Waals surface area contributed by atoms with Gasteiger partial charge in [-0.25, -0.2) is 0 Å². The molecule has 6 heteroatoms. The first-order valence-corrected chi connectivity index (χ1v) is 10.1. The van der Waals surface area contributed by atoms with Crippen molar-refractivity contribution in [3.63, 3.8) is 0 Å². The molecule has 0 radical (unpaired) electrons. The Balaban J connectivity index is 1.45. The lowest BCUT2D eigenvalue weighted by atomic mass is 9.82. The SMILES string of the molecule is O=C([C@@H]1C[C@@H](O)CN1)N1C[C@@H]2C[C@H](C1)c1cc(-c3ccccc3)cc(=O)n1C2. The first kappa shape index (κ1) is 17.6. The van der Waals surface area contributed by atoms with E-state index < -0.39 is 6.10 Å². The van der Waals surface area contributed by atoms with Crippen molar-refractivity contribution in [3.05, 3.63) is 58.5 Å². The number of aliphatic hydroxyl groups is 1. The van der Waals surface area contributed by atoms with Gasteiger partial charge in [-0.1, -0.05) is 30.3 Å². The van der Waals surface area contributed by atoms with E-state index in [1.165, 1.54) is 0 Å². The number of β-amino-alcohol motifs (C(OH)–C–C–N with tert-alkyl or cyclic N) is 1. The van der Waals surface area contributed by atoms with Crippen molar-refractivity contribution in [2.45, 2.75) is 37.5 Å². The maximum atomic E-state index is 12.9. The molecule has 2 fully saturated rings. The number of hydrogen-bond acceptors (Lipinski definition) is 4. The topological polar surface area (TPSA) is 74.6 Å². The summed E-state index contributed by atoms with van der Waals surface area (Å²) in [5, 5.41) is 12.9. The number of carbonyl (C=O) groups is 1. The summed E-state index contributed by atoms with van der Waals surface area (Å²) >= 11 is 0. The molecule has 0 saturated carbocycles. The smallest absolute Gasteiger partial charge is 0.251 e. The van der Waals surface area contributed by atoms with Gasteiger partial charge in [0.1, 0.15) is 0 Å². The van der Waals surface area contributed by atoms with Crippen LogP contribution in [0.2, 0.25) is 0 Å². The molecule has 2 N–H and O–H groups in total. The van der Waals surface area contributed by atoms with Crippen LogP contribution in [-0.4, -0.2) is 52.3 Å². The molecule has 3 aliphatic rings. The number of hydrogen-bond donors (Lipinski definition) is 2. The first-order valence-electron chi connectivity index (χ1n) is 10.1. The molecule has 1 amide bonds. The average Bonchev–Trinajstić information content (AvgIpc) is 3.15. The lowest BCUT2D eigenvalue weighted by Gasteiger charge is -2.43. The third kappa shape index (κ3) is 3.06. The van der Waals surface area contributed by atoms with Crippen molar-refractivity contribution in [1.29, 1.82) is 0 Å². The predicted octanol–water partition coefficient (Wildman–Crippen LogP) is 1.18. The Hall–Kier alpha value is -2.44. The second-order valence-electron chi connectivity index (χ2n) is 8.38. The van der Waals surface area contributed by atoms with Crippen LogP contribution in [0, 0.1) is 5.92 Å². The highest BCUT2D eigenvalue weighted by atomic mass is 16.3. The van der Waals surface area contributed by atoms with E-state index in [0.717, 1.165) is 23.2 Å². The minimum Gasteiger partial charge on any atom is -0.392 e. The van der Waals surface area contributed by atoms with Crippen LogP contribution in [0.1, 0.15) is 24.5 Å². The van der Waals surface area contributed by atoms with Gasteiger partial charge in [0, 0.05) is 43.9 Å². The number of piperidine rings is 1. The fraction of sp³-hybridized carbons (Fsp3) is 0.455. The van der Waals surface area contributed by atoms with Crippen molar-refractivity contribution in [2.75, 3.05) is 19.6 Å². The van der Waals surface area contributed by atoms with Gasteiger partial charge in [0.05, 0.1) is 12.1 Å². The zero-order valence-electron chi connectivity index (χ0n) is 15.8. The number of rotatable bonds is 2. The minimum absolute atomic E-state index is 0.0476. The second kappa shape index (κ2) is 6.87. The highest BCUT2D eigenvalue weighted by Gasteiger charge is 2.39. The van der Waals surface area contributed by atoms with Gasteiger partial charge in [-0.15, -0.1) is 0 Å². The number of nitrogens with zero attached hydrogens (tertiary/aromatic N) is 2. The molecule has 146 valence electrons. The zero-order valence-corrected chi connectivity index (χ0v) is 15.8. The van der Waals surface area contributed by atoms with Gasteiger partial charge in [-0.3, -0.25) is 9.59 Å². The standard InChI is InChI=1S/C22H25N3O3/c26-18-9-19(23-10-18)22(28)24-11-14-6-17(13-24)20-7-16(8-21(27)25(20)12-14)15-4-2-1-3-5-15/h1-5,7-8,14,17-19,23,26H,6,9-13H2/t14-,17+,18+,19-/m0/s1. The minimum atomic E-state index is -0.439. The summed E-state index contributed by atoms with van der Waals surface area (Å²) in [4.78, 5) is 27.7. The fourth-order valence-electron chi connectivity index (χ4n) is 5.06. The van der Waals surface area contributed by atoms with Crippen molar-refractivity contribution < 1.29 is 9.90 Å². The molecule has 0 unspecified atom stereocenters. The molecule has 6 nitrogen and oxygen atoms in total. The van der Waals surface area contributed by atoms with Crippen LogP contribution in [0.15, 0.2) is 47.3 Å². The Kier molecular flexibility index (Phi) is 4.33. The van der Waals surface area contributed by atoms with Crippen LogP contribution >= 0.6 is 0 Å². The summed E-state index contributed by atoms with van der Waals surface area (Å²) in [6, 6.07) is 13.5. The van der Waals surface area contributed by atoms with Gasteiger partial charge in [-0.2, -0.15) is 0 Å². The number of amides is 1. The highest BCUT2D eigenvalue weighted by molar-refractivity contribution is 5.82. The number of benzene rings is 1. The normalized spacial score (nSPS) is 28.8. The van der Waals surface area contributed by atoms with Gasteiger partial charge < -0.3 is 19.9 Å². The van der Waals surface area contributed by atoms with Crippen LogP contribution in [-0.2, 0) is 11.3 Å². The number of fused-ring (bicyclic) bond motifs is 4. The van der Waals surface area contributed by atoms with Gasteiger partial charge in [0.2, 0.25) is 5.91 Å². The van der Waals surface area contributed by atoms with Gasteiger partial charge >= 0.3 is 0 Å². The third-order valence-electron chi connectivity index (χ3n) is 6.38. The van der Waals surface area contributed by atoms with E-state index in [0.29, 0.717) is 38.5 Å². The van der Waals surface area contributed by atoms with Gasteiger partial charge in [-0.05, 0) is 36.0 Å². The molecule has 1 aromatic carbocycles. The van der Waals surface area contributed by atoms with Crippen LogP contribution in [0.25, 0.3) is 11.1 Å². The van der Waals surface area contributed by atoms with Crippen LogP contribution in [0.4, 0.5) is 0 Å². The van der Waals surface area contributed by atoms with Crippen LogP contribution < -0.4 is 10.9 Å². The number of likely N-dealkylation sites (tertiary alicyclic amines) is 1. The average molecular weight is 379 g/mol. The van der Waals surface area contributed by atoms with E-state index in [1.54, 1.807) is 6.07 Å². The maximum Gasteiger partial charge on any atom is 0.251 e. The number of aromatic nitrogens is 1. The van der Waals surface area contributed by atoms with E-state index in [9.17, 15) is 14.7 Å². The Labute approximate surface area is 163 Å². The molecular formula is C22H25N3O3. The summed E-state index contributed by atoms with van der Waals surface area (Å²) in [6.07, 6.45) is 1.06. The molecule has 2 aromatic rings. The summed E-state index contributed by atoms with van der Waals surface area (Å²) in [5.74, 6) is 0.571. The largest absolute Gasteiger partial charge is 0.392 e. The predicted molar refractivity (Wildman–Crippen MR) is 106 cm³/mol. The Morgan fingerprint density at radius 1 is 1.04 bits per heavy atom. The van der Waals surface area contributed by atoms with Crippen molar-refractivity contribution in [1.82, 2.24) is 14.8 Å². The van der Waals surface area contributed by atoms with Crippen molar-refractivity contribution >= 4 is 5.91 Å². The van der Waals surface area contributed by atoms with Crippen LogP contribution in [0.5, 0.6) is 0 Å². The lowest BCUT2D eigenvalue weighted by molar-refractivity contribution is -0.136. The monoisotopic (exact) mass is 379 g/mol. The molecule has 3 aliphatic heterocycles. The number of aliphatic hydroxyl groups excluding tert-OH is 1. The van der Waals surface area contributed by atoms with E-state index in [4.69, 9.17) is 0 Å². The highest BCUT2D eigenvalue weighted by Crippen LogP contribution is 2.37. The Bertz CT molecular complexity index is 955. The molecule has 28 heavy (non-hydrogen) atoms. The van der Waals surface area contributed by atoms with Crippen LogP contribution in [0.3, 0.4) is 0 Å². The lowest BCUT2D eigenvalue weighted by Crippen LogP contribution is -2.53. The van der Waals surface area contributed by atoms with Crippen molar-refractivity contribution in [3.8, 4) is 11.1 Å². The quantitative estimate of drug-likeness (QED) is 0.822. The molecular weight excluding hydrogens is 354 g/mol. The molecule has 2 saturated heterocycles. The molecule has 5 rings (SSSR count). The zero-order chi connectivity index (χ0) is 19.3. The molecule has 4 atom stereocenters. The Morgan fingerprint density at radius 2 is 1.86 bits per heavy atom. The summed E-state index contributed by atoms with van der Waals surface area (Å²) in [7, 11) is 0. The Morgan fingerprint density at radius 3 is 2.61 bits per heavy atom. The second-order valence-corrected chi connectivity index (χ2v) is 8.38. The summed E-state index contributed by atoms with van der Waals surface area (Å²) < 4.78 is 1.91. The maximum absolute atomic E-state index is 12.9. The van der Waals surface area contributed by atoms with E-state index in [-0.39, 0.29) is 23.4 Å². The number of carbonyl (C=O) groups excluding carboxylic acids is 1. The molecule has 4 heterocycles. The van der Waals surface area contributed by atoms with Crippen molar-refractivity contribution in [2.24, 2.45) is 5.92 Å². The van der Waals surface area contributed by atoms with E-state index in [1.807, 2.05) is 39.8 Å². The molecule has 0 spiro atoms. The summed E-state index contributed by atoms with van der Waals surface area (Å²) in [5.41, 5.74) is 3.07. The van der Waals surface area contributed by atoms with Gasteiger partial charge in [0.25, 0.3) is 5.56 Å². The van der Waals surface area contributed by atoms with Gasteiger partial charge in [0.15, 0.2) is 0 Å². The number of pyridine rings is 1. The van der Waals surface area contributed by atoms with E-state index >= 15 is 0 Å². The van der Waals surface area contributed by atoms with E-state index in [2.05, 4.69) is 11.4 Å². The summed E-state index contributed by atoms with van der Waals surface area (Å²) in [6.45, 7) is 2.48. The first-order chi connectivity index (χ1) is 13.6. The third-order valence-corrected chi connectivity index (χ3v) is 6.38. The molecule has 0 aliphatic carbocycles.